The van der Waals surface area contributed by atoms with Gasteiger partial charge in [-0.05, 0) is 23.3 Å². The van der Waals surface area contributed by atoms with Crippen molar-refractivity contribution in [3.8, 4) is 0 Å². The van der Waals surface area contributed by atoms with E-state index in [-0.39, 0.29) is 0 Å². The number of rotatable bonds is 3. The van der Waals surface area contributed by atoms with E-state index in [9.17, 15) is 0 Å². The Morgan fingerprint density at radius 1 is 0.706 bits per heavy atom. The molecule has 0 atom stereocenters. The van der Waals surface area contributed by atoms with E-state index < -0.39 is 0 Å². The third-order valence-electron chi connectivity index (χ3n) is 2.40. The van der Waals surface area contributed by atoms with Gasteiger partial charge in [-0.3, -0.25) is 0 Å². The van der Waals surface area contributed by atoms with Crippen LogP contribution in [-0.4, -0.2) is 0 Å². The Hall–Kier alpha value is -2.28. The van der Waals surface area contributed by atoms with E-state index in [2.05, 4.69) is 18.2 Å². The van der Waals surface area contributed by atoms with Crippen molar-refractivity contribution in [2.45, 2.75) is 0 Å². The molecule has 0 spiro atoms. The van der Waals surface area contributed by atoms with Gasteiger partial charge in [-0.25, -0.2) is 0 Å². The summed E-state index contributed by atoms with van der Waals surface area (Å²) in [5.41, 5.74) is 8.81. The molecule has 0 aliphatic carbocycles. The predicted molar refractivity (Wildman–Crippen MR) is 75.4 cm³/mol. The van der Waals surface area contributed by atoms with Gasteiger partial charge in [0.05, 0.1) is 0 Å². The minimum Gasteiger partial charge on any atom is -0.399 e. The van der Waals surface area contributed by atoms with Crippen molar-refractivity contribution in [2.75, 3.05) is 5.73 Å². The van der Waals surface area contributed by atoms with Crippen LogP contribution in [0.25, 0.3) is 12.2 Å². The molecule has 0 aliphatic rings. The van der Waals surface area contributed by atoms with Crippen LogP contribution < -0.4 is 5.73 Å². The van der Waals surface area contributed by atoms with E-state index in [0.717, 1.165) is 11.3 Å². The predicted octanol–water partition coefficient (Wildman–Crippen LogP) is 4.00. The molecule has 1 heteroatoms. The van der Waals surface area contributed by atoms with Gasteiger partial charge in [0, 0.05) is 5.69 Å². The molecule has 1 nitrogen and oxygen atoms in total. The van der Waals surface area contributed by atoms with Gasteiger partial charge in [0.2, 0.25) is 0 Å². The van der Waals surface area contributed by atoms with E-state index in [1.807, 2.05) is 60.7 Å². The molecular weight excluding hydrogens is 206 g/mol. The SMILES string of the molecule is Nc1cccc(/C=C\C=C/c2ccccc2)c1. The fourth-order valence-corrected chi connectivity index (χ4v) is 1.56. The zero-order valence-electron chi connectivity index (χ0n) is 9.58. The molecule has 0 radical (unpaired) electrons. The highest BCUT2D eigenvalue weighted by molar-refractivity contribution is 5.59. The molecular formula is C16H15N. The summed E-state index contributed by atoms with van der Waals surface area (Å²) in [5, 5.41) is 0. The van der Waals surface area contributed by atoms with Crippen molar-refractivity contribution in [3.05, 3.63) is 77.9 Å². The standard InChI is InChI=1S/C16H15N/c17-16-12-6-11-15(13-16)10-5-4-9-14-7-2-1-3-8-14/h1-13H,17H2/b9-4-,10-5-. The fourth-order valence-electron chi connectivity index (χ4n) is 1.56. The highest BCUT2D eigenvalue weighted by Crippen LogP contribution is 2.08. The summed E-state index contributed by atoms with van der Waals surface area (Å²) >= 11 is 0. The molecule has 0 amide bonds. The minimum absolute atomic E-state index is 0.791. The number of anilines is 1. The zero-order chi connectivity index (χ0) is 11.9. The van der Waals surface area contributed by atoms with Crippen LogP contribution >= 0.6 is 0 Å². The molecule has 0 saturated heterocycles. The van der Waals surface area contributed by atoms with Crippen LogP contribution in [0.1, 0.15) is 11.1 Å². The van der Waals surface area contributed by atoms with Crippen molar-refractivity contribution >= 4 is 17.8 Å². The van der Waals surface area contributed by atoms with Gasteiger partial charge in [0.1, 0.15) is 0 Å². The molecule has 0 aromatic heterocycles. The number of allylic oxidation sites excluding steroid dienone is 2. The van der Waals surface area contributed by atoms with Gasteiger partial charge in [-0.2, -0.15) is 0 Å². The largest absolute Gasteiger partial charge is 0.399 e. The Labute approximate surface area is 102 Å². The first-order valence-corrected chi connectivity index (χ1v) is 5.60. The summed E-state index contributed by atoms with van der Waals surface area (Å²) in [6, 6.07) is 18.0. The van der Waals surface area contributed by atoms with Gasteiger partial charge >= 0.3 is 0 Å². The first kappa shape index (κ1) is 11.2. The Morgan fingerprint density at radius 3 is 2.06 bits per heavy atom. The van der Waals surface area contributed by atoms with E-state index in [1.165, 1.54) is 5.56 Å². The lowest BCUT2D eigenvalue weighted by Crippen LogP contribution is -1.83. The zero-order valence-corrected chi connectivity index (χ0v) is 9.58. The highest BCUT2D eigenvalue weighted by Gasteiger charge is 1.86. The number of nitrogen functional groups attached to an aromatic ring is 1. The molecule has 17 heavy (non-hydrogen) atoms. The van der Waals surface area contributed by atoms with Gasteiger partial charge in [0.25, 0.3) is 0 Å². The van der Waals surface area contributed by atoms with Crippen LogP contribution in [0.15, 0.2) is 66.7 Å². The summed E-state index contributed by atoms with van der Waals surface area (Å²) in [5.74, 6) is 0. The molecule has 0 saturated carbocycles. The van der Waals surface area contributed by atoms with E-state index in [1.54, 1.807) is 0 Å². The summed E-state index contributed by atoms with van der Waals surface area (Å²) < 4.78 is 0. The number of hydrogen-bond donors (Lipinski definition) is 1. The van der Waals surface area contributed by atoms with Crippen molar-refractivity contribution in [3.63, 3.8) is 0 Å². The van der Waals surface area contributed by atoms with Crippen molar-refractivity contribution in [1.82, 2.24) is 0 Å². The first-order valence-electron chi connectivity index (χ1n) is 5.60. The van der Waals surface area contributed by atoms with Crippen LogP contribution in [0.3, 0.4) is 0 Å². The average molecular weight is 221 g/mol. The van der Waals surface area contributed by atoms with Crippen LogP contribution in [0, 0.1) is 0 Å². The molecule has 0 heterocycles. The molecule has 2 aromatic rings. The third kappa shape index (κ3) is 3.65. The normalized spacial score (nSPS) is 11.3. The lowest BCUT2D eigenvalue weighted by Gasteiger charge is -1.94. The second-order valence-electron chi connectivity index (χ2n) is 3.80. The van der Waals surface area contributed by atoms with Crippen LogP contribution in [0.5, 0.6) is 0 Å². The van der Waals surface area contributed by atoms with E-state index >= 15 is 0 Å². The van der Waals surface area contributed by atoms with E-state index in [0.29, 0.717) is 0 Å². The summed E-state index contributed by atoms with van der Waals surface area (Å²) in [4.78, 5) is 0. The molecule has 0 aliphatic heterocycles. The lowest BCUT2D eigenvalue weighted by molar-refractivity contribution is 1.64. The molecule has 2 N–H and O–H groups in total. The van der Waals surface area contributed by atoms with Crippen molar-refractivity contribution in [1.29, 1.82) is 0 Å². The topological polar surface area (TPSA) is 26.0 Å². The molecule has 2 aromatic carbocycles. The minimum atomic E-state index is 0.791. The Balaban J connectivity index is 2.01. The van der Waals surface area contributed by atoms with Crippen molar-refractivity contribution in [2.24, 2.45) is 0 Å². The summed E-state index contributed by atoms with van der Waals surface area (Å²) in [6.07, 6.45) is 8.15. The Morgan fingerprint density at radius 2 is 1.35 bits per heavy atom. The second kappa shape index (κ2) is 5.71. The molecule has 2 rings (SSSR count). The lowest BCUT2D eigenvalue weighted by atomic mass is 10.1. The number of benzene rings is 2. The highest BCUT2D eigenvalue weighted by atomic mass is 14.5. The molecule has 0 bridgehead atoms. The number of hydrogen-bond acceptors (Lipinski definition) is 1. The number of nitrogens with two attached hydrogens (primary N) is 1. The summed E-state index contributed by atoms with van der Waals surface area (Å²) in [6.45, 7) is 0. The maximum atomic E-state index is 5.70. The summed E-state index contributed by atoms with van der Waals surface area (Å²) in [7, 11) is 0. The third-order valence-corrected chi connectivity index (χ3v) is 2.40. The monoisotopic (exact) mass is 221 g/mol. The Kier molecular flexibility index (Phi) is 3.77. The molecule has 0 fully saturated rings. The van der Waals surface area contributed by atoms with Gasteiger partial charge in [-0.1, -0.05) is 66.8 Å². The average Bonchev–Trinajstić information content (AvgIpc) is 2.36. The molecule has 84 valence electrons. The molecule has 0 unspecified atom stereocenters. The quantitative estimate of drug-likeness (QED) is 0.615. The van der Waals surface area contributed by atoms with Gasteiger partial charge < -0.3 is 5.73 Å². The van der Waals surface area contributed by atoms with Crippen LogP contribution in [0.4, 0.5) is 5.69 Å². The van der Waals surface area contributed by atoms with Gasteiger partial charge in [-0.15, -0.1) is 0 Å². The van der Waals surface area contributed by atoms with Crippen LogP contribution in [-0.2, 0) is 0 Å². The fraction of sp³-hybridized carbons (Fsp3) is 0. The Bertz CT molecular complexity index is 524. The van der Waals surface area contributed by atoms with Crippen molar-refractivity contribution < 1.29 is 0 Å². The smallest absolute Gasteiger partial charge is 0.0319 e. The van der Waals surface area contributed by atoms with Crippen LogP contribution in [0.2, 0.25) is 0 Å². The van der Waals surface area contributed by atoms with E-state index in [4.69, 9.17) is 5.73 Å². The second-order valence-corrected chi connectivity index (χ2v) is 3.80. The van der Waals surface area contributed by atoms with Gasteiger partial charge in [0.15, 0.2) is 0 Å². The first-order chi connectivity index (χ1) is 8.34. The maximum Gasteiger partial charge on any atom is 0.0319 e. The maximum absolute atomic E-state index is 5.70.